The van der Waals surface area contributed by atoms with Gasteiger partial charge in [0.1, 0.15) is 0 Å². The Kier molecular flexibility index (Phi) is 3.70. The molecular weight excluding hydrogens is 182 g/mol. The van der Waals surface area contributed by atoms with Gasteiger partial charge in [0.15, 0.2) is 0 Å². The average Bonchev–Trinajstić information content (AvgIpc) is 1.99. The number of benzene rings is 1. The van der Waals surface area contributed by atoms with Gasteiger partial charge in [0.25, 0.3) is 0 Å². The van der Waals surface area contributed by atoms with Gasteiger partial charge in [-0.15, -0.1) is 0 Å². The molecule has 1 aromatic rings. The van der Waals surface area contributed by atoms with Crippen LogP contribution in [0.25, 0.3) is 0 Å². The minimum Gasteiger partial charge on any atom is -0.321 e. The van der Waals surface area contributed by atoms with Crippen LogP contribution >= 0.6 is 0 Å². The van der Waals surface area contributed by atoms with Crippen molar-refractivity contribution >= 4 is 0 Å². The number of rotatable bonds is 2. The molecule has 1 rings (SSSR count). The van der Waals surface area contributed by atoms with E-state index < -0.39 is 0 Å². The Morgan fingerprint density at radius 2 is 1.60 bits per heavy atom. The highest BCUT2D eigenvalue weighted by Gasteiger charge is 2.09. The second-order valence-corrected chi connectivity index (χ2v) is 4.58. The highest BCUT2D eigenvalue weighted by Crippen LogP contribution is 2.23. The van der Waals surface area contributed by atoms with Gasteiger partial charge in [-0.05, 0) is 51.3 Å². The van der Waals surface area contributed by atoms with Crippen LogP contribution < -0.4 is 5.73 Å². The van der Waals surface area contributed by atoms with Crippen LogP contribution in [0.1, 0.15) is 42.1 Å². The first-order valence-electron chi connectivity index (χ1n) is 5.40. The second kappa shape index (κ2) is 4.63. The number of nitrogens with two attached hydrogens (primary N) is 1. The Bertz CT molecular complexity index is 361. The summed E-state index contributed by atoms with van der Waals surface area (Å²) in [6, 6.07) is 4.41. The molecule has 0 bridgehead atoms. The molecule has 0 aliphatic rings. The monoisotopic (exact) mass is 203 g/mol. The molecule has 15 heavy (non-hydrogen) atoms. The Balaban J connectivity index is 3.20. The largest absolute Gasteiger partial charge is 0.321 e. The van der Waals surface area contributed by atoms with Gasteiger partial charge in [-0.25, -0.2) is 0 Å². The molecule has 2 N–H and O–H groups in total. The van der Waals surface area contributed by atoms with E-state index in [1.807, 2.05) is 0 Å². The van der Waals surface area contributed by atoms with Gasteiger partial charge in [0.2, 0.25) is 0 Å². The smallest absolute Gasteiger partial charge is 0.0488 e. The van der Waals surface area contributed by atoms with Crippen molar-refractivity contribution in [2.75, 3.05) is 0 Å². The minimum atomic E-state index is 0.0237. The molecule has 0 aliphatic heterocycles. The van der Waals surface area contributed by atoms with Crippen LogP contribution in [0.2, 0.25) is 0 Å². The molecule has 0 fully saturated rings. The van der Waals surface area contributed by atoms with Crippen molar-refractivity contribution in [2.24, 2.45) is 5.73 Å². The highest BCUT2D eigenvalue weighted by atomic mass is 14.6. The van der Waals surface area contributed by atoms with Gasteiger partial charge in [-0.2, -0.15) is 0 Å². The lowest BCUT2D eigenvalue weighted by atomic mass is 9.93. The molecule has 0 saturated carbocycles. The van der Waals surface area contributed by atoms with Crippen LogP contribution in [-0.2, 0) is 0 Å². The molecule has 0 saturated heterocycles. The first kappa shape index (κ1) is 12.0. The fourth-order valence-corrected chi connectivity index (χ4v) is 2.16. The standard InChI is InChI=1S/C14H21N/c1-9(2)6-13(15)14-11(4)7-10(3)8-12(14)5/h6-8,13H,15H2,1-5H3. The van der Waals surface area contributed by atoms with Crippen LogP contribution in [-0.4, -0.2) is 0 Å². The predicted molar refractivity (Wildman–Crippen MR) is 67.0 cm³/mol. The zero-order valence-electron chi connectivity index (χ0n) is 10.4. The third kappa shape index (κ3) is 2.93. The molecule has 0 heterocycles. The Morgan fingerprint density at radius 3 is 2.00 bits per heavy atom. The van der Waals surface area contributed by atoms with Crippen LogP contribution in [0.4, 0.5) is 0 Å². The lowest BCUT2D eigenvalue weighted by Crippen LogP contribution is -2.11. The molecule has 0 aliphatic carbocycles. The zero-order chi connectivity index (χ0) is 11.6. The van der Waals surface area contributed by atoms with Crippen molar-refractivity contribution in [1.29, 1.82) is 0 Å². The van der Waals surface area contributed by atoms with E-state index in [1.54, 1.807) is 0 Å². The fourth-order valence-electron chi connectivity index (χ4n) is 2.16. The molecule has 1 unspecified atom stereocenters. The normalized spacial score (nSPS) is 12.4. The number of allylic oxidation sites excluding steroid dienone is 1. The first-order chi connectivity index (χ1) is 6.91. The summed E-state index contributed by atoms with van der Waals surface area (Å²) in [6.07, 6.45) is 2.12. The van der Waals surface area contributed by atoms with Crippen molar-refractivity contribution in [1.82, 2.24) is 0 Å². The quantitative estimate of drug-likeness (QED) is 0.730. The van der Waals surface area contributed by atoms with Crippen LogP contribution in [0.5, 0.6) is 0 Å². The van der Waals surface area contributed by atoms with Gasteiger partial charge >= 0.3 is 0 Å². The topological polar surface area (TPSA) is 26.0 Å². The van der Waals surface area contributed by atoms with Gasteiger partial charge in [-0.3, -0.25) is 0 Å². The molecule has 0 spiro atoms. The van der Waals surface area contributed by atoms with E-state index in [4.69, 9.17) is 5.73 Å². The molecule has 0 amide bonds. The third-order valence-corrected chi connectivity index (χ3v) is 2.58. The number of aryl methyl sites for hydroxylation is 3. The van der Waals surface area contributed by atoms with Crippen LogP contribution in [0.15, 0.2) is 23.8 Å². The molecule has 0 aromatic heterocycles. The number of hydrogen-bond acceptors (Lipinski definition) is 1. The van der Waals surface area contributed by atoms with Crippen molar-refractivity contribution in [2.45, 2.75) is 40.7 Å². The molecule has 82 valence electrons. The summed E-state index contributed by atoms with van der Waals surface area (Å²) in [5.41, 5.74) is 12.6. The van der Waals surface area contributed by atoms with E-state index in [0.717, 1.165) is 0 Å². The minimum absolute atomic E-state index is 0.0237. The summed E-state index contributed by atoms with van der Waals surface area (Å²) in [7, 11) is 0. The van der Waals surface area contributed by atoms with Crippen LogP contribution in [0.3, 0.4) is 0 Å². The third-order valence-electron chi connectivity index (χ3n) is 2.58. The summed E-state index contributed by atoms with van der Waals surface area (Å²) >= 11 is 0. The van der Waals surface area contributed by atoms with E-state index in [1.165, 1.54) is 27.8 Å². The van der Waals surface area contributed by atoms with Crippen molar-refractivity contribution < 1.29 is 0 Å². The summed E-state index contributed by atoms with van der Waals surface area (Å²) < 4.78 is 0. The van der Waals surface area contributed by atoms with Crippen molar-refractivity contribution in [3.63, 3.8) is 0 Å². The summed E-state index contributed by atoms with van der Waals surface area (Å²) in [6.45, 7) is 10.6. The lowest BCUT2D eigenvalue weighted by Gasteiger charge is -2.16. The van der Waals surface area contributed by atoms with E-state index in [9.17, 15) is 0 Å². The maximum atomic E-state index is 6.17. The highest BCUT2D eigenvalue weighted by molar-refractivity contribution is 5.41. The van der Waals surface area contributed by atoms with Gasteiger partial charge in [0.05, 0.1) is 0 Å². The Labute approximate surface area is 93.0 Å². The van der Waals surface area contributed by atoms with Gasteiger partial charge in [-0.1, -0.05) is 29.3 Å². The maximum absolute atomic E-state index is 6.17. The second-order valence-electron chi connectivity index (χ2n) is 4.58. The molecule has 1 atom stereocenters. The maximum Gasteiger partial charge on any atom is 0.0488 e. The summed E-state index contributed by atoms with van der Waals surface area (Å²) in [5.74, 6) is 0. The predicted octanol–water partition coefficient (Wildman–Crippen LogP) is 3.58. The Hall–Kier alpha value is -1.08. The first-order valence-corrected chi connectivity index (χ1v) is 5.40. The van der Waals surface area contributed by atoms with Crippen molar-refractivity contribution in [3.8, 4) is 0 Å². The molecule has 1 nitrogen and oxygen atoms in total. The van der Waals surface area contributed by atoms with E-state index in [-0.39, 0.29) is 6.04 Å². The Morgan fingerprint density at radius 1 is 1.13 bits per heavy atom. The lowest BCUT2D eigenvalue weighted by molar-refractivity contribution is 0.876. The SMILES string of the molecule is CC(C)=CC(N)c1c(C)cc(C)cc1C. The average molecular weight is 203 g/mol. The summed E-state index contributed by atoms with van der Waals surface area (Å²) in [5, 5.41) is 0. The molecular formula is C14H21N. The van der Waals surface area contributed by atoms with Crippen molar-refractivity contribution in [3.05, 3.63) is 46.0 Å². The van der Waals surface area contributed by atoms with Gasteiger partial charge in [0, 0.05) is 6.04 Å². The fraction of sp³-hybridized carbons (Fsp3) is 0.429. The molecule has 1 heteroatoms. The van der Waals surface area contributed by atoms with Crippen LogP contribution in [0, 0.1) is 20.8 Å². The summed E-state index contributed by atoms with van der Waals surface area (Å²) in [4.78, 5) is 0. The zero-order valence-corrected chi connectivity index (χ0v) is 10.4. The van der Waals surface area contributed by atoms with E-state index >= 15 is 0 Å². The van der Waals surface area contributed by atoms with E-state index in [2.05, 4.69) is 52.8 Å². The molecule has 0 radical (unpaired) electrons. The number of hydrogen-bond donors (Lipinski definition) is 1. The van der Waals surface area contributed by atoms with Gasteiger partial charge < -0.3 is 5.73 Å². The van der Waals surface area contributed by atoms with E-state index in [0.29, 0.717) is 0 Å². The molecule has 1 aromatic carbocycles.